The maximum atomic E-state index is 12.7. The summed E-state index contributed by atoms with van der Waals surface area (Å²) >= 11 is 6.09. The highest BCUT2D eigenvalue weighted by atomic mass is 127. The van der Waals surface area contributed by atoms with Gasteiger partial charge in [-0.25, -0.2) is 0 Å². The van der Waals surface area contributed by atoms with Gasteiger partial charge in [-0.3, -0.25) is 19.5 Å². The van der Waals surface area contributed by atoms with Crippen molar-refractivity contribution in [1.82, 2.24) is 15.5 Å². The Kier molecular flexibility index (Phi) is 6.12. The van der Waals surface area contributed by atoms with Crippen LogP contribution in [0, 0.1) is 23.7 Å². The molecular weight excluding hydrogens is 515 g/mol. The minimum atomic E-state index is -0.125. The van der Waals surface area contributed by atoms with Crippen LogP contribution in [0.4, 0.5) is 0 Å². The Bertz CT molecular complexity index is 890. The average Bonchev–Trinajstić information content (AvgIpc) is 3.05. The molecule has 3 fully saturated rings. The maximum absolute atomic E-state index is 12.7. The van der Waals surface area contributed by atoms with Crippen molar-refractivity contribution >= 4 is 53.4 Å². The molecule has 6 unspecified atom stereocenters. The molecule has 1 aliphatic heterocycles. The van der Waals surface area contributed by atoms with E-state index in [0.29, 0.717) is 31.0 Å². The van der Waals surface area contributed by atoms with Gasteiger partial charge in [0.15, 0.2) is 5.96 Å². The van der Waals surface area contributed by atoms with E-state index in [9.17, 15) is 9.59 Å². The summed E-state index contributed by atoms with van der Waals surface area (Å²) in [6.45, 7) is 0.876. The lowest BCUT2D eigenvalue weighted by atomic mass is 9.85. The van der Waals surface area contributed by atoms with Crippen molar-refractivity contribution in [2.45, 2.75) is 24.8 Å². The number of imide groups is 1. The van der Waals surface area contributed by atoms with Crippen LogP contribution >= 0.6 is 35.6 Å². The lowest BCUT2D eigenvalue weighted by Crippen LogP contribution is -2.44. The van der Waals surface area contributed by atoms with Gasteiger partial charge in [0.25, 0.3) is 0 Å². The third kappa shape index (κ3) is 3.75. The zero-order valence-electron chi connectivity index (χ0n) is 16.8. The van der Waals surface area contributed by atoms with Crippen molar-refractivity contribution in [1.29, 1.82) is 0 Å². The van der Waals surface area contributed by atoms with Crippen molar-refractivity contribution in [3.05, 3.63) is 47.0 Å². The van der Waals surface area contributed by atoms with Crippen LogP contribution in [-0.4, -0.2) is 48.9 Å². The van der Waals surface area contributed by atoms with Crippen LogP contribution in [0.2, 0.25) is 5.02 Å². The smallest absolute Gasteiger partial charge is 0.233 e. The molecule has 5 rings (SSSR count). The number of allylic oxidation sites excluding steroid dienone is 2. The Balaban J connectivity index is 0.00000218. The highest BCUT2D eigenvalue weighted by molar-refractivity contribution is 14.0. The molecule has 2 bridgehead atoms. The first-order valence-electron chi connectivity index (χ1n) is 10.3. The number of hydrogen-bond acceptors (Lipinski definition) is 3. The third-order valence-electron chi connectivity index (χ3n) is 6.80. The number of carbonyl (C=O) groups excluding carboxylic acids is 2. The topological polar surface area (TPSA) is 73.8 Å². The molecule has 160 valence electrons. The van der Waals surface area contributed by atoms with E-state index in [1.54, 1.807) is 7.05 Å². The molecule has 6 atom stereocenters. The number of likely N-dealkylation sites (tertiary alicyclic amines) is 1. The van der Waals surface area contributed by atoms with Crippen LogP contribution in [-0.2, 0) is 9.59 Å². The van der Waals surface area contributed by atoms with Crippen LogP contribution in [0.1, 0.15) is 24.3 Å². The number of hydrogen-bond donors (Lipinski definition) is 2. The van der Waals surface area contributed by atoms with E-state index >= 15 is 0 Å². The number of carbonyl (C=O) groups is 2. The SMILES string of the molecule is CN=C(NCCN1C(=O)C2C3C=CC(C3)C2C1=O)NC1CC1c1cccc(Cl)c1.I. The first-order chi connectivity index (χ1) is 14.1. The van der Waals surface area contributed by atoms with Crippen molar-refractivity contribution in [3.63, 3.8) is 0 Å². The van der Waals surface area contributed by atoms with E-state index in [1.807, 2.05) is 18.2 Å². The number of rotatable bonds is 5. The summed E-state index contributed by atoms with van der Waals surface area (Å²) in [6, 6.07) is 8.27. The Hall–Kier alpha value is -1.61. The first-order valence-corrected chi connectivity index (χ1v) is 10.7. The van der Waals surface area contributed by atoms with Gasteiger partial charge >= 0.3 is 0 Å². The fourth-order valence-corrected chi connectivity index (χ4v) is 5.50. The number of benzene rings is 1. The van der Waals surface area contributed by atoms with E-state index in [1.165, 1.54) is 10.5 Å². The average molecular weight is 541 g/mol. The van der Waals surface area contributed by atoms with Gasteiger partial charge in [-0.15, -0.1) is 24.0 Å². The summed E-state index contributed by atoms with van der Waals surface area (Å²) in [7, 11) is 1.73. The molecular formula is C22H26ClIN4O2. The number of nitrogens with zero attached hydrogens (tertiary/aromatic N) is 2. The number of nitrogens with one attached hydrogen (secondary N) is 2. The van der Waals surface area contributed by atoms with Gasteiger partial charge in [0.05, 0.1) is 11.8 Å². The van der Waals surface area contributed by atoms with Gasteiger partial charge in [0.2, 0.25) is 11.8 Å². The number of aliphatic imine (C=N–C) groups is 1. The summed E-state index contributed by atoms with van der Waals surface area (Å²) in [5, 5.41) is 7.42. The minimum Gasteiger partial charge on any atom is -0.355 e. The number of guanidine groups is 1. The largest absolute Gasteiger partial charge is 0.355 e. The van der Waals surface area contributed by atoms with Crippen LogP contribution in [0.3, 0.4) is 0 Å². The summed E-state index contributed by atoms with van der Waals surface area (Å²) < 4.78 is 0. The van der Waals surface area contributed by atoms with Crippen molar-refractivity contribution in [2.24, 2.45) is 28.7 Å². The summed E-state index contributed by atoms with van der Waals surface area (Å²) in [5.41, 5.74) is 1.23. The molecule has 0 radical (unpaired) electrons. The van der Waals surface area contributed by atoms with Crippen LogP contribution in [0.25, 0.3) is 0 Å². The molecule has 2 amide bonds. The Labute approximate surface area is 198 Å². The number of amides is 2. The summed E-state index contributed by atoms with van der Waals surface area (Å²) in [4.78, 5) is 31.2. The van der Waals surface area contributed by atoms with Gasteiger partial charge in [0.1, 0.15) is 0 Å². The third-order valence-corrected chi connectivity index (χ3v) is 7.04. The van der Waals surface area contributed by atoms with Gasteiger partial charge < -0.3 is 10.6 Å². The van der Waals surface area contributed by atoms with Crippen molar-refractivity contribution < 1.29 is 9.59 Å². The fraction of sp³-hybridized carbons (Fsp3) is 0.500. The Morgan fingerprint density at radius 3 is 2.50 bits per heavy atom. The predicted molar refractivity (Wildman–Crippen MR) is 127 cm³/mol. The Morgan fingerprint density at radius 1 is 1.17 bits per heavy atom. The zero-order chi connectivity index (χ0) is 20.1. The van der Waals surface area contributed by atoms with E-state index in [2.05, 4.69) is 33.8 Å². The second kappa shape index (κ2) is 8.49. The number of halogens is 2. The highest BCUT2D eigenvalue weighted by Crippen LogP contribution is 2.52. The monoisotopic (exact) mass is 540 g/mol. The molecule has 2 saturated carbocycles. The molecule has 6 nitrogen and oxygen atoms in total. The second-order valence-corrected chi connectivity index (χ2v) is 8.91. The Morgan fingerprint density at radius 2 is 1.87 bits per heavy atom. The molecule has 0 spiro atoms. The fourth-order valence-electron chi connectivity index (χ4n) is 5.30. The molecule has 4 aliphatic rings. The second-order valence-electron chi connectivity index (χ2n) is 8.48. The maximum Gasteiger partial charge on any atom is 0.233 e. The van der Waals surface area contributed by atoms with E-state index in [0.717, 1.165) is 17.9 Å². The van der Waals surface area contributed by atoms with Crippen LogP contribution in [0.15, 0.2) is 41.4 Å². The molecule has 1 aromatic carbocycles. The van der Waals surface area contributed by atoms with Crippen LogP contribution in [0.5, 0.6) is 0 Å². The van der Waals surface area contributed by atoms with E-state index < -0.39 is 0 Å². The molecule has 3 aliphatic carbocycles. The van der Waals surface area contributed by atoms with Gasteiger partial charge in [-0.05, 0) is 42.4 Å². The highest BCUT2D eigenvalue weighted by Gasteiger charge is 2.58. The minimum absolute atomic E-state index is 0. The van der Waals surface area contributed by atoms with Gasteiger partial charge in [0, 0.05) is 37.1 Å². The van der Waals surface area contributed by atoms with E-state index in [-0.39, 0.29) is 59.5 Å². The molecule has 8 heteroatoms. The molecule has 0 aromatic heterocycles. The molecule has 30 heavy (non-hydrogen) atoms. The lowest BCUT2D eigenvalue weighted by molar-refractivity contribution is -0.140. The quantitative estimate of drug-likeness (QED) is 0.198. The van der Waals surface area contributed by atoms with Crippen molar-refractivity contribution in [3.8, 4) is 0 Å². The van der Waals surface area contributed by atoms with Gasteiger partial charge in [-0.2, -0.15) is 0 Å². The van der Waals surface area contributed by atoms with E-state index in [4.69, 9.17) is 11.6 Å². The first kappa shape index (κ1) is 21.6. The zero-order valence-corrected chi connectivity index (χ0v) is 19.8. The van der Waals surface area contributed by atoms with Crippen LogP contribution < -0.4 is 10.6 Å². The summed E-state index contributed by atoms with van der Waals surface area (Å²) in [5.74, 6) is 1.39. The predicted octanol–water partition coefficient (Wildman–Crippen LogP) is 2.79. The molecule has 1 heterocycles. The van der Waals surface area contributed by atoms with Crippen molar-refractivity contribution in [2.75, 3.05) is 20.1 Å². The standard InChI is InChI=1S/C22H25ClN4O2.HI/c1-24-22(26-17-11-16(17)12-3-2-4-15(23)10-12)25-7-8-27-20(28)18-13-5-6-14(9-13)19(18)21(27)29;/h2-6,10,13-14,16-19H,7-9,11H2,1H3,(H2,24,25,26);1H. The molecule has 1 aromatic rings. The molecule has 2 N–H and O–H groups in total. The number of fused-ring (bicyclic) bond motifs is 5. The van der Waals surface area contributed by atoms with Gasteiger partial charge in [-0.1, -0.05) is 35.9 Å². The molecule has 1 saturated heterocycles. The summed E-state index contributed by atoms with van der Waals surface area (Å²) in [6.07, 6.45) is 6.24. The lowest BCUT2D eigenvalue weighted by Gasteiger charge is -2.18. The normalized spacial score (nSPS) is 33.5.